The number of carbonyl (C=O) groups is 1. The smallest absolute Gasteiger partial charge is 0.333 e. The number of hydrogen-bond acceptors (Lipinski definition) is 3. The Morgan fingerprint density at radius 1 is 1.67 bits per heavy atom. The van der Waals surface area contributed by atoms with Crippen LogP contribution in [-0.2, 0) is 4.79 Å². The van der Waals surface area contributed by atoms with Gasteiger partial charge in [0.1, 0.15) is 5.76 Å². The first kappa shape index (κ1) is 10.7. The summed E-state index contributed by atoms with van der Waals surface area (Å²) in [5.41, 5.74) is -0.337. The van der Waals surface area contributed by atoms with E-state index in [2.05, 4.69) is 4.85 Å². The first-order valence-corrected chi connectivity index (χ1v) is 3.96. The molecule has 0 aliphatic rings. The standard InChI is InChI=1S/C10H7NO4/c1-6-5-15-7(4-9(6)12)3-8(11-2)10(13)14/h3-5H,1H3,(H,13,14)/b8-3-. The van der Waals surface area contributed by atoms with E-state index in [1.165, 1.54) is 6.26 Å². The van der Waals surface area contributed by atoms with Gasteiger partial charge < -0.3 is 9.52 Å². The summed E-state index contributed by atoms with van der Waals surface area (Å²) in [6, 6.07) is 1.14. The predicted octanol–water partition coefficient (Wildman–Crippen LogP) is 1.29. The fourth-order valence-electron chi connectivity index (χ4n) is 0.844. The zero-order valence-corrected chi connectivity index (χ0v) is 7.85. The third-order valence-electron chi connectivity index (χ3n) is 1.65. The fraction of sp³-hybridized carbons (Fsp3) is 0.100. The zero-order valence-electron chi connectivity index (χ0n) is 7.85. The Bertz CT molecular complexity index is 519. The average molecular weight is 205 g/mol. The number of hydrogen-bond donors (Lipinski definition) is 1. The van der Waals surface area contributed by atoms with Crippen molar-refractivity contribution < 1.29 is 14.3 Å². The third kappa shape index (κ3) is 2.54. The predicted molar refractivity (Wildman–Crippen MR) is 51.9 cm³/mol. The van der Waals surface area contributed by atoms with Crippen LogP contribution in [0, 0.1) is 13.5 Å². The average Bonchev–Trinajstić information content (AvgIpc) is 2.19. The summed E-state index contributed by atoms with van der Waals surface area (Å²) < 4.78 is 4.94. The van der Waals surface area contributed by atoms with Crippen LogP contribution >= 0.6 is 0 Å². The number of aliphatic carboxylic acids is 1. The molecule has 1 rings (SSSR count). The Kier molecular flexibility index (Phi) is 3.03. The minimum atomic E-state index is -1.35. The molecule has 76 valence electrons. The van der Waals surface area contributed by atoms with E-state index in [9.17, 15) is 9.59 Å². The topological polar surface area (TPSA) is 71.9 Å². The molecule has 5 nitrogen and oxygen atoms in total. The van der Waals surface area contributed by atoms with Crippen molar-refractivity contribution in [3.63, 3.8) is 0 Å². The first-order valence-electron chi connectivity index (χ1n) is 3.96. The fourth-order valence-corrected chi connectivity index (χ4v) is 0.844. The Morgan fingerprint density at radius 3 is 2.80 bits per heavy atom. The molecule has 0 radical (unpaired) electrons. The summed E-state index contributed by atoms with van der Waals surface area (Å²) in [7, 11) is 0. The maximum Gasteiger partial charge on any atom is 0.333 e. The molecule has 0 fully saturated rings. The van der Waals surface area contributed by atoms with Crippen molar-refractivity contribution in [2.45, 2.75) is 6.92 Å². The van der Waals surface area contributed by atoms with Crippen molar-refractivity contribution in [1.82, 2.24) is 0 Å². The van der Waals surface area contributed by atoms with Gasteiger partial charge in [0.25, 0.3) is 5.70 Å². The van der Waals surface area contributed by atoms with E-state index in [0.29, 0.717) is 5.56 Å². The van der Waals surface area contributed by atoms with Gasteiger partial charge in [0, 0.05) is 11.6 Å². The lowest BCUT2D eigenvalue weighted by atomic mass is 10.2. The lowest BCUT2D eigenvalue weighted by Crippen LogP contribution is -2.03. The third-order valence-corrected chi connectivity index (χ3v) is 1.65. The van der Waals surface area contributed by atoms with Crippen LogP contribution in [0.4, 0.5) is 0 Å². The molecular weight excluding hydrogens is 198 g/mol. The molecule has 0 unspecified atom stereocenters. The molecule has 1 aromatic rings. The molecule has 15 heavy (non-hydrogen) atoms. The molecule has 0 aromatic carbocycles. The highest BCUT2D eigenvalue weighted by Gasteiger charge is 2.07. The van der Waals surface area contributed by atoms with Crippen molar-refractivity contribution in [3.05, 3.63) is 51.0 Å². The number of aryl methyl sites for hydroxylation is 1. The number of carboxylic acids is 1. The Morgan fingerprint density at radius 2 is 2.33 bits per heavy atom. The van der Waals surface area contributed by atoms with Gasteiger partial charge in [-0.3, -0.25) is 9.59 Å². The summed E-state index contributed by atoms with van der Waals surface area (Å²) in [6.07, 6.45) is 2.23. The second-order valence-electron chi connectivity index (χ2n) is 2.78. The molecule has 0 atom stereocenters. The Hall–Kier alpha value is -2.35. The van der Waals surface area contributed by atoms with Crippen LogP contribution in [0.5, 0.6) is 0 Å². The molecule has 1 N–H and O–H groups in total. The summed E-state index contributed by atoms with van der Waals surface area (Å²) in [5, 5.41) is 8.56. The quantitative estimate of drug-likeness (QED) is 0.583. The largest absolute Gasteiger partial charge is 0.486 e. The maximum atomic E-state index is 11.2. The molecule has 0 aliphatic heterocycles. The number of rotatable bonds is 2. The van der Waals surface area contributed by atoms with E-state index >= 15 is 0 Å². The highest BCUT2D eigenvalue weighted by Crippen LogP contribution is 2.06. The van der Waals surface area contributed by atoms with Crippen molar-refractivity contribution in [3.8, 4) is 0 Å². The molecule has 0 aliphatic carbocycles. The zero-order chi connectivity index (χ0) is 11.4. The van der Waals surface area contributed by atoms with Gasteiger partial charge in [-0.05, 0) is 13.0 Å². The number of nitrogens with zero attached hydrogens (tertiary/aromatic N) is 1. The molecular formula is C10H7NO4. The Balaban J connectivity index is 3.20. The molecule has 0 amide bonds. The molecule has 0 saturated heterocycles. The Labute approximate surface area is 85.1 Å². The van der Waals surface area contributed by atoms with E-state index in [1.54, 1.807) is 6.92 Å². The van der Waals surface area contributed by atoms with Gasteiger partial charge in [0.05, 0.1) is 12.8 Å². The summed E-state index contributed by atoms with van der Waals surface area (Å²) in [4.78, 5) is 24.4. The lowest BCUT2D eigenvalue weighted by Gasteiger charge is -1.94. The van der Waals surface area contributed by atoms with Gasteiger partial charge in [-0.15, -0.1) is 0 Å². The van der Waals surface area contributed by atoms with Gasteiger partial charge in [-0.1, -0.05) is 0 Å². The first-order chi connectivity index (χ1) is 7.04. The molecule has 0 spiro atoms. The van der Waals surface area contributed by atoms with E-state index in [0.717, 1.165) is 12.1 Å². The van der Waals surface area contributed by atoms with Crippen molar-refractivity contribution >= 4 is 12.0 Å². The van der Waals surface area contributed by atoms with Crippen LogP contribution in [0.3, 0.4) is 0 Å². The second-order valence-corrected chi connectivity index (χ2v) is 2.78. The highest BCUT2D eigenvalue weighted by molar-refractivity contribution is 5.93. The SMILES string of the molecule is [C-]#[N+]/C(=C\c1cc(=O)c(C)co1)C(=O)O. The van der Waals surface area contributed by atoms with Crippen LogP contribution in [0.15, 0.2) is 27.2 Å². The van der Waals surface area contributed by atoms with E-state index < -0.39 is 11.7 Å². The van der Waals surface area contributed by atoms with Crippen molar-refractivity contribution in [2.24, 2.45) is 0 Å². The highest BCUT2D eigenvalue weighted by atomic mass is 16.4. The van der Waals surface area contributed by atoms with Gasteiger partial charge in [0.15, 0.2) is 5.43 Å². The van der Waals surface area contributed by atoms with Crippen LogP contribution < -0.4 is 5.43 Å². The van der Waals surface area contributed by atoms with E-state index in [-0.39, 0.29) is 11.2 Å². The molecule has 1 aromatic heterocycles. The monoisotopic (exact) mass is 205 g/mol. The minimum absolute atomic E-state index is 0.0546. The minimum Gasteiger partial charge on any atom is -0.486 e. The van der Waals surface area contributed by atoms with Crippen molar-refractivity contribution in [2.75, 3.05) is 0 Å². The van der Waals surface area contributed by atoms with Crippen molar-refractivity contribution in [1.29, 1.82) is 0 Å². The van der Waals surface area contributed by atoms with Crippen LogP contribution in [0.2, 0.25) is 0 Å². The molecule has 0 saturated carbocycles. The van der Waals surface area contributed by atoms with Crippen LogP contribution in [-0.4, -0.2) is 11.1 Å². The van der Waals surface area contributed by atoms with Crippen LogP contribution in [0.25, 0.3) is 10.9 Å². The normalized spacial score (nSPS) is 10.8. The van der Waals surface area contributed by atoms with Crippen LogP contribution in [0.1, 0.15) is 11.3 Å². The summed E-state index contributed by atoms with van der Waals surface area (Å²) in [6.45, 7) is 8.17. The van der Waals surface area contributed by atoms with E-state index in [4.69, 9.17) is 16.1 Å². The van der Waals surface area contributed by atoms with Gasteiger partial charge in [-0.25, -0.2) is 4.85 Å². The van der Waals surface area contributed by atoms with Gasteiger partial charge in [-0.2, -0.15) is 0 Å². The molecule has 5 heteroatoms. The number of carboxylic acid groups (broad SMARTS) is 1. The van der Waals surface area contributed by atoms with Gasteiger partial charge >= 0.3 is 5.97 Å². The summed E-state index contributed by atoms with van der Waals surface area (Å²) in [5.74, 6) is -1.30. The summed E-state index contributed by atoms with van der Waals surface area (Å²) >= 11 is 0. The lowest BCUT2D eigenvalue weighted by molar-refractivity contribution is -0.132. The molecule has 1 heterocycles. The maximum absolute atomic E-state index is 11.2. The van der Waals surface area contributed by atoms with E-state index in [1.807, 2.05) is 0 Å². The van der Waals surface area contributed by atoms with Gasteiger partial charge in [0.2, 0.25) is 0 Å². The molecule has 0 bridgehead atoms. The second kappa shape index (κ2) is 4.24.